The molecule has 0 spiro atoms. The highest BCUT2D eigenvalue weighted by molar-refractivity contribution is 9.10. The van der Waals surface area contributed by atoms with Gasteiger partial charge in [0.15, 0.2) is 11.6 Å². The Bertz CT molecular complexity index is 1380. The van der Waals surface area contributed by atoms with Gasteiger partial charge in [0.1, 0.15) is 5.82 Å². The lowest BCUT2D eigenvalue weighted by Crippen LogP contribution is -2.50. The molecule has 0 atom stereocenters. The smallest absolute Gasteiger partial charge is 0.175 e. The van der Waals surface area contributed by atoms with Gasteiger partial charge in [-0.3, -0.25) is 19.4 Å². The highest BCUT2D eigenvalue weighted by Gasteiger charge is 2.43. The number of carbonyl (C=O) groups is 2. The second-order valence-electron chi connectivity index (χ2n) is 10.1. The van der Waals surface area contributed by atoms with Crippen molar-refractivity contribution in [3.63, 3.8) is 0 Å². The molecule has 0 fully saturated rings. The Labute approximate surface area is 229 Å². The molecule has 3 aromatic rings. The lowest BCUT2D eigenvalue weighted by molar-refractivity contribution is -0.118. The molecule has 38 heavy (non-hydrogen) atoms. The standard InChI is InChI=1S/C31H27BrFN3O2/c32-23-13-22(11-12-24(23)33)29-30-25(16-35(18-27(30)37)14-20-7-3-1-4-8-20)34-26-17-36(19-28(38)31(26)29)15-21-9-5-2-6-10-21/h1-13,29,34H,14-19H2. The van der Waals surface area contributed by atoms with Crippen molar-refractivity contribution in [2.24, 2.45) is 0 Å². The molecular weight excluding hydrogens is 545 g/mol. The van der Waals surface area contributed by atoms with E-state index in [9.17, 15) is 14.0 Å². The summed E-state index contributed by atoms with van der Waals surface area (Å²) in [5, 5.41) is 3.52. The molecule has 0 unspecified atom stereocenters. The summed E-state index contributed by atoms with van der Waals surface area (Å²) in [5.41, 5.74) is 5.93. The Morgan fingerprint density at radius 1 is 0.737 bits per heavy atom. The molecule has 0 saturated carbocycles. The van der Waals surface area contributed by atoms with Gasteiger partial charge in [-0.25, -0.2) is 4.39 Å². The van der Waals surface area contributed by atoms with E-state index in [1.807, 2.05) is 36.4 Å². The number of rotatable bonds is 5. The van der Waals surface area contributed by atoms with Crippen LogP contribution >= 0.6 is 15.9 Å². The Morgan fingerprint density at radius 2 is 1.24 bits per heavy atom. The number of benzene rings is 3. The molecule has 3 heterocycles. The highest BCUT2D eigenvalue weighted by atomic mass is 79.9. The van der Waals surface area contributed by atoms with Crippen molar-refractivity contribution in [2.75, 3.05) is 26.2 Å². The van der Waals surface area contributed by atoms with Crippen molar-refractivity contribution in [3.8, 4) is 0 Å². The van der Waals surface area contributed by atoms with Crippen molar-refractivity contribution in [3.05, 3.63) is 128 Å². The summed E-state index contributed by atoms with van der Waals surface area (Å²) in [6, 6.07) is 25.0. The molecule has 3 aliphatic rings. The molecule has 0 amide bonds. The Balaban J connectivity index is 1.37. The molecule has 1 N–H and O–H groups in total. The Hall–Kier alpha value is -3.39. The van der Waals surface area contributed by atoms with Gasteiger partial charge in [-0.2, -0.15) is 0 Å². The van der Waals surface area contributed by atoms with Gasteiger partial charge in [-0.1, -0.05) is 66.7 Å². The van der Waals surface area contributed by atoms with Crippen LogP contribution in [0.4, 0.5) is 4.39 Å². The van der Waals surface area contributed by atoms with Crippen molar-refractivity contribution in [2.45, 2.75) is 19.0 Å². The van der Waals surface area contributed by atoms with Crippen molar-refractivity contribution in [1.29, 1.82) is 0 Å². The molecule has 6 rings (SSSR count). The topological polar surface area (TPSA) is 52.7 Å². The number of hydrogen-bond acceptors (Lipinski definition) is 5. The number of dihydropyridines is 1. The van der Waals surface area contributed by atoms with Crippen LogP contribution in [0.25, 0.3) is 0 Å². The minimum absolute atomic E-state index is 0.00815. The molecule has 3 aliphatic heterocycles. The van der Waals surface area contributed by atoms with Crippen LogP contribution in [-0.4, -0.2) is 47.5 Å². The summed E-state index contributed by atoms with van der Waals surface area (Å²) in [6.45, 7) is 2.99. The average molecular weight is 572 g/mol. The average Bonchev–Trinajstić information content (AvgIpc) is 2.90. The Morgan fingerprint density at radius 3 is 1.71 bits per heavy atom. The summed E-state index contributed by atoms with van der Waals surface area (Å²) < 4.78 is 14.5. The molecule has 0 radical (unpaired) electrons. The van der Waals surface area contributed by atoms with E-state index >= 15 is 0 Å². The minimum atomic E-state index is -0.518. The molecule has 7 heteroatoms. The third-order valence-electron chi connectivity index (χ3n) is 7.40. The summed E-state index contributed by atoms with van der Waals surface area (Å²) in [5.74, 6) is -0.910. The zero-order valence-corrected chi connectivity index (χ0v) is 22.4. The lowest BCUT2D eigenvalue weighted by Gasteiger charge is -2.42. The lowest BCUT2D eigenvalue weighted by atomic mass is 9.75. The predicted octanol–water partition coefficient (Wildman–Crippen LogP) is 4.95. The maximum atomic E-state index is 14.2. The summed E-state index contributed by atoms with van der Waals surface area (Å²) in [7, 11) is 0. The maximum absolute atomic E-state index is 14.2. The van der Waals surface area contributed by atoms with Crippen LogP contribution < -0.4 is 5.32 Å². The van der Waals surface area contributed by atoms with Crippen LogP contribution in [0.5, 0.6) is 0 Å². The first-order valence-electron chi connectivity index (χ1n) is 12.7. The van der Waals surface area contributed by atoms with Crippen molar-refractivity contribution in [1.82, 2.24) is 15.1 Å². The third-order valence-corrected chi connectivity index (χ3v) is 8.01. The Kier molecular flexibility index (Phi) is 6.82. The zero-order valence-electron chi connectivity index (χ0n) is 20.8. The van der Waals surface area contributed by atoms with E-state index in [4.69, 9.17) is 0 Å². The number of nitrogens with one attached hydrogen (secondary N) is 1. The number of ketones is 2. The number of Topliss-reactive ketones (excluding diaryl/α,β-unsaturated/α-hetero) is 2. The quantitative estimate of drug-likeness (QED) is 0.469. The third kappa shape index (κ3) is 4.89. The normalized spacial score (nSPS) is 18.9. The van der Waals surface area contributed by atoms with Gasteiger partial charge in [-0.05, 0) is 44.8 Å². The molecule has 0 bridgehead atoms. The van der Waals surface area contributed by atoms with Gasteiger partial charge in [-0.15, -0.1) is 0 Å². The largest absolute Gasteiger partial charge is 0.359 e. The molecule has 0 aliphatic carbocycles. The van der Waals surface area contributed by atoms with E-state index in [1.54, 1.807) is 12.1 Å². The molecular formula is C31H27BrFN3O2. The fourth-order valence-electron chi connectivity index (χ4n) is 5.79. The second-order valence-corrected chi connectivity index (χ2v) is 11.0. The SMILES string of the molecule is O=C1CN(Cc2ccccc2)CC2=C1C(c1ccc(F)c(Br)c1)C1=C(CN(Cc3ccccc3)CC1=O)N2. The van der Waals surface area contributed by atoms with Crippen LogP contribution in [0, 0.1) is 5.82 Å². The van der Waals surface area contributed by atoms with Crippen LogP contribution in [0.3, 0.4) is 0 Å². The molecule has 0 aromatic heterocycles. The fourth-order valence-corrected chi connectivity index (χ4v) is 6.18. The van der Waals surface area contributed by atoms with Crippen molar-refractivity contribution < 1.29 is 14.0 Å². The molecule has 0 saturated heterocycles. The van der Waals surface area contributed by atoms with Gasteiger partial charge in [0, 0.05) is 54.6 Å². The first-order valence-corrected chi connectivity index (χ1v) is 13.5. The van der Waals surface area contributed by atoms with Gasteiger partial charge in [0.05, 0.1) is 17.6 Å². The van der Waals surface area contributed by atoms with Gasteiger partial charge in [0.25, 0.3) is 0 Å². The highest BCUT2D eigenvalue weighted by Crippen LogP contribution is 2.43. The van der Waals surface area contributed by atoms with Gasteiger partial charge in [0.2, 0.25) is 0 Å². The predicted molar refractivity (Wildman–Crippen MR) is 147 cm³/mol. The number of nitrogens with zero attached hydrogens (tertiary/aromatic N) is 2. The van der Waals surface area contributed by atoms with E-state index in [-0.39, 0.29) is 30.5 Å². The van der Waals surface area contributed by atoms with Crippen molar-refractivity contribution >= 4 is 27.5 Å². The first kappa shape index (κ1) is 24.9. The van der Waals surface area contributed by atoms with E-state index in [0.29, 0.717) is 41.8 Å². The van der Waals surface area contributed by atoms with E-state index < -0.39 is 5.92 Å². The second kappa shape index (κ2) is 10.4. The van der Waals surface area contributed by atoms with Crippen LogP contribution in [0.2, 0.25) is 0 Å². The molecule has 5 nitrogen and oxygen atoms in total. The number of halogens is 2. The van der Waals surface area contributed by atoms with Crippen LogP contribution in [0.15, 0.2) is 106 Å². The van der Waals surface area contributed by atoms with Gasteiger partial charge >= 0.3 is 0 Å². The number of hydrogen-bond donors (Lipinski definition) is 1. The summed E-state index contributed by atoms with van der Waals surface area (Å²) >= 11 is 3.30. The van der Waals surface area contributed by atoms with E-state index in [1.165, 1.54) is 6.07 Å². The molecule has 192 valence electrons. The van der Waals surface area contributed by atoms with E-state index in [2.05, 4.69) is 55.3 Å². The van der Waals surface area contributed by atoms with E-state index in [0.717, 1.165) is 28.1 Å². The summed E-state index contributed by atoms with van der Waals surface area (Å²) in [6.07, 6.45) is 0. The molecule has 3 aromatic carbocycles. The summed E-state index contributed by atoms with van der Waals surface area (Å²) in [4.78, 5) is 31.6. The number of carbonyl (C=O) groups excluding carboxylic acids is 2. The fraction of sp³-hybridized carbons (Fsp3) is 0.226. The maximum Gasteiger partial charge on any atom is 0.175 e. The zero-order chi connectivity index (χ0) is 26.2. The van der Waals surface area contributed by atoms with Crippen LogP contribution in [-0.2, 0) is 22.7 Å². The first-order chi connectivity index (χ1) is 18.5. The van der Waals surface area contributed by atoms with Crippen LogP contribution in [0.1, 0.15) is 22.6 Å². The monoisotopic (exact) mass is 571 g/mol. The van der Waals surface area contributed by atoms with Gasteiger partial charge < -0.3 is 5.32 Å². The minimum Gasteiger partial charge on any atom is -0.359 e.